The zero-order valence-corrected chi connectivity index (χ0v) is 16.3. The number of nitrogens with zero attached hydrogens (tertiary/aromatic N) is 3. The van der Waals surface area contributed by atoms with E-state index in [-0.39, 0.29) is 5.91 Å². The lowest BCUT2D eigenvalue weighted by atomic mass is 10.1. The summed E-state index contributed by atoms with van der Waals surface area (Å²) in [6.45, 7) is 0.866. The average molecular weight is 414 g/mol. The molecule has 0 aliphatic carbocycles. The fraction of sp³-hybridized carbons (Fsp3) is 0.200. The second-order valence-electron chi connectivity index (χ2n) is 6.06. The molecule has 0 bridgehead atoms. The smallest absolute Gasteiger partial charge is 0.253 e. The number of carbonyl (C=O) groups excluding carboxylic acids is 1. The van der Waals surface area contributed by atoms with Crippen LogP contribution in [0.3, 0.4) is 0 Å². The maximum atomic E-state index is 12.7. The number of para-hydroxylation sites is 1. The summed E-state index contributed by atoms with van der Waals surface area (Å²) >= 11 is 3.47. The summed E-state index contributed by atoms with van der Waals surface area (Å²) in [5.41, 5.74) is 2.44. The quantitative estimate of drug-likeness (QED) is 0.612. The Balaban J connectivity index is 1.66. The first-order valence-corrected chi connectivity index (χ1v) is 9.02. The SMILES string of the molecule is CN(Cc1ccn(C)n1)C(=O)c1cccc(COc2ccccc2Br)c1. The van der Waals surface area contributed by atoms with Crippen molar-refractivity contribution in [1.82, 2.24) is 14.7 Å². The van der Waals surface area contributed by atoms with Gasteiger partial charge in [0, 0.05) is 25.9 Å². The molecule has 3 aromatic rings. The number of halogens is 1. The van der Waals surface area contributed by atoms with Crippen LogP contribution in [-0.2, 0) is 20.2 Å². The zero-order chi connectivity index (χ0) is 18.5. The molecule has 0 unspecified atom stereocenters. The van der Waals surface area contributed by atoms with Crippen molar-refractivity contribution in [3.05, 3.63) is 82.1 Å². The summed E-state index contributed by atoms with van der Waals surface area (Å²) in [5, 5.41) is 4.31. The second-order valence-corrected chi connectivity index (χ2v) is 6.92. The number of rotatable bonds is 6. The number of aryl methyl sites for hydroxylation is 1. The van der Waals surface area contributed by atoms with Crippen molar-refractivity contribution in [3.63, 3.8) is 0 Å². The van der Waals surface area contributed by atoms with Crippen LogP contribution in [0, 0.1) is 0 Å². The van der Waals surface area contributed by atoms with Crippen LogP contribution in [0.1, 0.15) is 21.6 Å². The first-order chi connectivity index (χ1) is 12.5. The van der Waals surface area contributed by atoms with Gasteiger partial charge in [-0.3, -0.25) is 9.48 Å². The highest BCUT2D eigenvalue weighted by Crippen LogP contribution is 2.24. The van der Waals surface area contributed by atoms with Gasteiger partial charge in [0.05, 0.1) is 16.7 Å². The molecule has 0 aliphatic rings. The van der Waals surface area contributed by atoms with Gasteiger partial charge in [-0.25, -0.2) is 0 Å². The van der Waals surface area contributed by atoms with Crippen molar-refractivity contribution in [2.45, 2.75) is 13.2 Å². The molecule has 5 nitrogen and oxygen atoms in total. The molecule has 1 amide bonds. The normalized spacial score (nSPS) is 10.6. The minimum atomic E-state index is -0.0432. The third-order valence-electron chi connectivity index (χ3n) is 3.92. The molecular weight excluding hydrogens is 394 g/mol. The van der Waals surface area contributed by atoms with Gasteiger partial charge in [0.2, 0.25) is 0 Å². The lowest BCUT2D eigenvalue weighted by molar-refractivity contribution is 0.0783. The fourth-order valence-electron chi connectivity index (χ4n) is 2.60. The van der Waals surface area contributed by atoms with E-state index in [9.17, 15) is 4.79 Å². The number of benzene rings is 2. The molecule has 0 fully saturated rings. The largest absolute Gasteiger partial charge is 0.488 e. The number of amides is 1. The third kappa shape index (κ3) is 4.52. The fourth-order valence-corrected chi connectivity index (χ4v) is 3.00. The molecule has 0 N–H and O–H groups in total. The topological polar surface area (TPSA) is 47.4 Å². The van der Waals surface area contributed by atoms with E-state index in [0.29, 0.717) is 18.7 Å². The van der Waals surface area contributed by atoms with Crippen LogP contribution in [0.4, 0.5) is 0 Å². The van der Waals surface area contributed by atoms with E-state index in [1.807, 2.05) is 67.8 Å². The van der Waals surface area contributed by atoms with Crippen LogP contribution in [0.5, 0.6) is 5.75 Å². The van der Waals surface area contributed by atoms with E-state index in [1.54, 1.807) is 16.6 Å². The molecule has 0 saturated heterocycles. The summed E-state index contributed by atoms with van der Waals surface area (Å²) in [5.74, 6) is 0.731. The van der Waals surface area contributed by atoms with E-state index in [2.05, 4.69) is 21.0 Å². The molecule has 0 aliphatic heterocycles. The van der Waals surface area contributed by atoms with E-state index in [1.165, 1.54) is 0 Å². The van der Waals surface area contributed by atoms with E-state index in [4.69, 9.17) is 4.74 Å². The highest BCUT2D eigenvalue weighted by Gasteiger charge is 2.14. The minimum absolute atomic E-state index is 0.0432. The van der Waals surface area contributed by atoms with Gasteiger partial charge in [-0.2, -0.15) is 5.10 Å². The molecule has 0 radical (unpaired) electrons. The van der Waals surface area contributed by atoms with Crippen molar-refractivity contribution in [3.8, 4) is 5.75 Å². The predicted molar refractivity (Wildman–Crippen MR) is 104 cm³/mol. The van der Waals surface area contributed by atoms with Gasteiger partial charge in [0.25, 0.3) is 5.91 Å². The second kappa shape index (κ2) is 8.19. The number of aromatic nitrogens is 2. The molecule has 2 aromatic carbocycles. The Labute approximate surface area is 161 Å². The summed E-state index contributed by atoms with van der Waals surface area (Å²) in [6, 6.07) is 17.1. The van der Waals surface area contributed by atoms with Crippen molar-refractivity contribution in [1.29, 1.82) is 0 Å². The van der Waals surface area contributed by atoms with Crippen LogP contribution >= 0.6 is 15.9 Å². The van der Waals surface area contributed by atoms with Gasteiger partial charge < -0.3 is 9.64 Å². The number of ether oxygens (including phenoxy) is 1. The van der Waals surface area contributed by atoms with Crippen LogP contribution < -0.4 is 4.74 Å². The van der Waals surface area contributed by atoms with Crippen LogP contribution in [0.15, 0.2) is 65.3 Å². The molecule has 1 aromatic heterocycles. The zero-order valence-electron chi connectivity index (χ0n) is 14.7. The molecule has 26 heavy (non-hydrogen) atoms. The van der Waals surface area contributed by atoms with Gasteiger partial charge in [-0.05, 0) is 51.8 Å². The first-order valence-electron chi connectivity index (χ1n) is 8.23. The van der Waals surface area contributed by atoms with Crippen molar-refractivity contribution in [2.24, 2.45) is 7.05 Å². The summed E-state index contributed by atoms with van der Waals surface area (Å²) in [4.78, 5) is 14.3. The van der Waals surface area contributed by atoms with E-state index < -0.39 is 0 Å². The Kier molecular flexibility index (Phi) is 5.73. The van der Waals surface area contributed by atoms with Crippen molar-refractivity contribution in [2.75, 3.05) is 7.05 Å². The predicted octanol–water partition coefficient (Wildman–Crippen LogP) is 4.03. The summed E-state index contributed by atoms with van der Waals surface area (Å²) in [6.07, 6.45) is 1.87. The molecule has 3 rings (SSSR count). The molecule has 6 heteroatoms. The Morgan fingerprint density at radius 3 is 2.73 bits per heavy atom. The first kappa shape index (κ1) is 18.2. The molecule has 0 atom stereocenters. The number of carbonyl (C=O) groups is 1. The standard InChI is InChI=1S/C20H20BrN3O2/c1-23(13-17-10-11-24(2)22-17)20(25)16-7-5-6-15(12-16)14-26-19-9-4-3-8-18(19)21/h3-12H,13-14H2,1-2H3. The van der Waals surface area contributed by atoms with Crippen molar-refractivity contribution >= 4 is 21.8 Å². The van der Waals surface area contributed by atoms with Gasteiger partial charge in [-0.15, -0.1) is 0 Å². The van der Waals surface area contributed by atoms with Crippen molar-refractivity contribution < 1.29 is 9.53 Å². The van der Waals surface area contributed by atoms with E-state index >= 15 is 0 Å². The molecular formula is C20H20BrN3O2. The number of hydrogen-bond acceptors (Lipinski definition) is 3. The van der Waals surface area contributed by atoms with Gasteiger partial charge in [0.15, 0.2) is 0 Å². The molecule has 1 heterocycles. The molecule has 0 saturated carbocycles. The molecule has 0 spiro atoms. The maximum Gasteiger partial charge on any atom is 0.253 e. The lowest BCUT2D eigenvalue weighted by Crippen LogP contribution is -2.26. The highest BCUT2D eigenvalue weighted by molar-refractivity contribution is 9.10. The highest BCUT2D eigenvalue weighted by atomic mass is 79.9. The lowest BCUT2D eigenvalue weighted by Gasteiger charge is -2.16. The third-order valence-corrected chi connectivity index (χ3v) is 4.57. The Morgan fingerprint density at radius 1 is 1.19 bits per heavy atom. The average Bonchev–Trinajstić information content (AvgIpc) is 3.05. The maximum absolute atomic E-state index is 12.7. The van der Waals surface area contributed by atoms with Crippen LogP contribution in [-0.4, -0.2) is 27.6 Å². The summed E-state index contributed by atoms with van der Waals surface area (Å²) in [7, 11) is 3.64. The Hall–Kier alpha value is -2.60. The van der Waals surface area contributed by atoms with Crippen LogP contribution in [0.2, 0.25) is 0 Å². The van der Waals surface area contributed by atoms with Gasteiger partial charge in [0.1, 0.15) is 12.4 Å². The van der Waals surface area contributed by atoms with E-state index in [0.717, 1.165) is 21.5 Å². The minimum Gasteiger partial charge on any atom is -0.488 e. The Bertz CT molecular complexity index is 907. The molecule has 134 valence electrons. The summed E-state index contributed by atoms with van der Waals surface area (Å²) < 4.78 is 8.47. The Morgan fingerprint density at radius 2 is 2.00 bits per heavy atom. The van der Waals surface area contributed by atoms with Gasteiger partial charge >= 0.3 is 0 Å². The monoisotopic (exact) mass is 413 g/mol. The van der Waals surface area contributed by atoms with Crippen LogP contribution in [0.25, 0.3) is 0 Å². The van der Waals surface area contributed by atoms with Gasteiger partial charge in [-0.1, -0.05) is 24.3 Å². The number of hydrogen-bond donors (Lipinski definition) is 0.